The summed E-state index contributed by atoms with van der Waals surface area (Å²) in [6, 6.07) is 1.48. The fraction of sp³-hybridized carbons (Fsp3) is 0.750. The van der Waals surface area contributed by atoms with Crippen molar-refractivity contribution in [2.45, 2.75) is 57.5 Å². The zero-order chi connectivity index (χ0) is 10.4. The summed E-state index contributed by atoms with van der Waals surface area (Å²) >= 11 is 0. The Bertz CT molecular complexity index is 340. The van der Waals surface area contributed by atoms with Crippen molar-refractivity contribution in [1.29, 1.82) is 0 Å². The molecule has 1 aromatic rings. The van der Waals surface area contributed by atoms with Crippen LogP contribution in [0.25, 0.3) is 0 Å². The van der Waals surface area contributed by atoms with Crippen LogP contribution in [0.15, 0.2) is 4.52 Å². The summed E-state index contributed by atoms with van der Waals surface area (Å²) in [5.41, 5.74) is 2.48. The summed E-state index contributed by atoms with van der Waals surface area (Å²) in [5.74, 6) is 1.70. The maximum atomic E-state index is 5.27. The van der Waals surface area contributed by atoms with Gasteiger partial charge in [0.1, 0.15) is 5.76 Å². The molecule has 0 spiro atoms. The Hall–Kier alpha value is -0.830. The van der Waals surface area contributed by atoms with E-state index in [9.17, 15) is 0 Å². The monoisotopic (exact) mass is 206 g/mol. The zero-order valence-corrected chi connectivity index (χ0v) is 9.42. The van der Waals surface area contributed by atoms with Crippen molar-refractivity contribution in [3.8, 4) is 0 Å². The normalized spacial score (nSPS) is 34.7. The molecule has 0 aromatic carbocycles. The van der Waals surface area contributed by atoms with Crippen molar-refractivity contribution in [3.05, 3.63) is 17.0 Å². The summed E-state index contributed by atoms with van der Waals surface area (Å²) in [7, 11) is 0. The van der Waals surface area contributed by atoms with Crippen LogP contribution in [0.4, 0.5) is 0 Å². The van der Waals surface area contributed by atoms with Crippen LogP contribution in [0.2, 0.25) is 0 Å². The highest BCUT2D eigenvalue weighted by Crippen LogP contribution is 2.39. The molecule has 82 valence electrons. The molecule has 0 aliphatic carbocycles. The van der Waals surface area contributed by atoms with Crippen LogP contribution in [-0.4, -0.2) is 17.2 Å². The molecule has 0 amide bonds. The lowest BCUT2D eigenvalue weighted by atomic mass is 9.85. The molecule has 1 N–H and O–H groups in total. The summed E-state index contributed by atoms with van der Waals surface area (Å²) in [5, 5.41) is 7.74. The van der Waals surface area contributed by atoms with E-state index in [4.69, 9.17) is 4.52 Å². The largest absolute Gasteiger partial charge is 0.361 e. The van der Waals surface area contributed by atoms with Gasteiger partial charge < -0.3 is 9.84 Å². The number of hydrogen-bond acceptors (Lipinski definition) is 3. The third kappa shape index (κ3) is 1.49. The van der Waals surface area contributed by atoms with Gasteiger partial charge in [-0.15, -0.1) is 0 Å². The number of piperidine rings is 1. The Balaban J connectivity index is 1.89. The molecular weight excluding hydrogens is 188 g/mol. The van der Waals surface area contributed by atoms with Crippen LogP contribution in [0, 0.1) is 13.8 Å². The lowest BCUT2D eigenvalue weighted by Gasteiger charge is -2.29. The average Bonchev–Trinajstić information content (AvgIpc) is 2.71. The summed E-state index contributed by atoms with van der Waals surface area (Å²) in [6.07, 6.45) is 5.23. The van der Waals surface area contributed by atoms with Gasteiger partial charge in [0, 0.05) is 17.6 Å². The van der Waals surface area contributed by atoms with Gasteiger partial charge in [-0.2, -0.15) is 0 Å². The molecule has 1 unspecified atom stereocenters. The number of aryl methyl sites for hydroxylation is 2. The molecule has 2 saturated heterocycles. The first-order chi connectivity index (χ1) is 7.24. The molecule has 3 nitrogen and oxygen atoms in total. The van der Waals surface area contributed by atoms with Crippen LogP contribution >= 0.6 is 0 Å². The van der Waals surface area contributed by atoms with Crippen LogP contribution < -0.4 is 5.32 Å². The van der Waals surface area contributed by atoms with E-state index in [-0.39, 0.29) is 0 Å². The van der Waals surface area contributed by atoms with Gasteiger partial charge in [-0.1, -0.05) is 5.16 Å². The molecule has 3 atom stereocenters. The van der Waals surface area contributed by atoms with Crippen molar-refractivity contribution in [2.24, 2.45) is 0 Å². The van der Waals surface area contributed by atoms with Gasteiger partial charge in [0.2, 0.25) is 0 Å². The highest BCUT2D eigenvalue weighted by Gasteiger charge is 2.36. The minimum Gasteiger partial charge on any atom is -0.361 e. The molecule has 3 heterocycles. The predicted molar refractivity (Wildman–Crippen MR) is 57.9 cm³/mol. The highest BCUT2D eigenvalue weighted by molar-refractivity contribution is 5.27. The van der Waals surface area contributed by atoms with E-state index in [1.54, 1.807) is 0 Å². The van der Waals surface area contributed by atoms with E-state index in [2.05, 4.69) is 17.4 Å². The lowest BCUT2D eigenvalue weighted by molar-refractivity contribution is 0.355. The number of nitrogens with one attached hydrogen (secondary N) is 1. The van der Waals surface area contributed by atoms with Crippen molar-refractivity contribution in [2.75, 3.05) is 0 Å². The Morgan fingerprint density at radius 3 is 2.40 bits per heavy atom. The molecule has 2 fully saturated rings. The van der Waals surface area contributed by atoms with Gasteiger partial charge in [0.25, 0.3) is 0 Å². The second kappa shape index (κ2) is 3.34. The van der Waals surface area contributed by atoms with Crippen LogP contribution in [0.3, 0.4) is 0 Å². The highest BCUT2D eigenvalue weighted by atomic mass is 16.5. The molecule has 3 rings (SSSR count). The minimum atomic E-state index is 0.676. The van der Waals surface area contributed by atoms with Crippen molar-refractivity contribution >= 4 is 0 Å². The first-order valence-electron chi connectivity index (χ1n) is 5.93. The third-order valence-corrected chi connectivity index (χ3v) is 3.97. The molecule has 1 aromatic heterocycles. The van der Waals surface area contributed by atoms with E-state index in [0.29, 0.717) is 5.92 Å². The first kappa shape index (κ1) is 9.40. The maximum Gasteiger partial charge on any atom is 0.137 e. The van der Waals surface area contributed by atoms with Gasteiger partial charge in [-0.05, 0) is 45.4 Å². The van der Waals surface area contributed by atoms with Crippen LogP contribution in [-0.2, 0) is 0 Å². The fourth-order valence-corrected chi connectivity index (χ4v) is 3.37. The fourth-order valence-electron chi connectivity index (χ4n) is 3.37. The molecule has 15 heavy (non-hydrogen) atoms. The van der Waals surface area contributed by atoms with Crippen molar-refractivity contribution < 1.29 is 4.52 Å². The van der Waals surface area contributed by atoms with Gasteiger partial charge in [-0.3, -0.25) is 0 Å². The van der Waals surface area contributed by atoms with Crippen LogP contribution in [0.5, 0.6) is 0 Å². The van der Waals surface area contributed by atoms with Crippen LogP contribution in [0.1, 0.15) is 48.6 Å². The second-order valence-corrected chi connectivity index (χ2v) is 5.04. The van der Waals surface area contributed by atoms with Gasteiger partial charge in [-0.25, -0.2) is 0 Å². The molecule has 0 saturated carbocycles. The SMILES string of the molecule is Cc1noc(C)c1C1C[C@H]2CC[C@@H](C1)N2. The average molecular weight is 206 g/mol. The zero-order valence-electron chi connectivity index (χ0n) is 9.42. The Labute approximate surface area is 90.2 Å². The number of nitrogens with zero attached hydrogens (tertiary/aromatic N) is 1. The smallest absolute Gasteiger partial charge is 0.137 e. The van der Waals surface area contributed by atoms with E-state index in [0.717, 1.165) is 23.5 Å². The minimum absolute atomic E-state index is 0.676. The van der Waals surface area contributed by atoms with E-state index in [1.165, 1.54) is 31.2 Å². The molecule has 2 aliphatic rings. The van der Waals surface area contributed by atoms with E-state index < -0.39 is 0 Å². The van der Waals surface area contributed by atoms with Gasteiger partial charge in [0.05, 0.1) is 5.69 Å². The Kier molecular flexibility index (Phi) is 2.09. The van der Waals surface area contributed by atoms with Gasteiger partial charge >= 0.3 is 0 Å². The standard InChI is InChI=1S/C12H18N2O/c1-7-12(8(2)15-14-7)9-5-10-3-4-11(6-9)13-10/h9-11,13H,3-6H2,1-2H3/t9?,10-,11+. The Morgan fingerprint density at radius 2 is 1.87 bits per heavy atom. The lowest BCUT2D eigenvalue weighted by Crippen LogP contribution is -2.37. The summed E-state index contributed by atoms with van der Waals surface area (Å²) in [4.78, 5) is 0. The molecule has 0 radical (unpaired) electrons. The number of fused-ring (bicyclic) bond motifs is 2. The summed E-state index contributed by atoms with van der Waals surface area (Å²) < 4.78 is 5.27. The summed E-state index contributed by atoms with van der Waals surface area (Å²) in [6.45, 7) is 4.11. The molecular formula is C12H18N2O. The quantitative estimate of drug-likeness (QED) is 0.766. The van der Waals surface area contributed by atoms with E-state index >= 15 is 0 Å². The molecule has 3 heteroatoms. The number of aromatic nitrogens is 1. The predicted octanol–water partition coefficient (Wildman–Crippen LogP) is 2.29. The molecule has 2 aliphatic heterocycles. The first-order valence-corrected chi connectivity index (χ1v) is 5.93. The second-order valence-electron chi connectivity index (χ2n) is 5.04. The third-order valence-electron chi connectivity index (χ3n) is 3.97. The topological polar surface area (TPSA) is 38.1 Å². The Morgan fingerprint density at radius 1 is 1.20 bits per heavy atom. The van der Waals surface area contributed by atoms with Gasteiger partial charge in [0.15, 0.2) is 0 Å². The molecule has 2 bridgehead atoms. The maximum absolute atomic E-state index is 5.27. The number of hydrogen-bond donors (Lipinski definition) is 1. The van der Waals surface area contributed by atoms with E-state index in [1.807, 2.05) is 6.92 Å². The number of rotatable bonds is 1. The van der Waals surface area contributed by atoms with Crippen molar-refractivity contribution in [3.63, 3.8) is 0 Å². The van der Waals surface area contributed by atoms with Crippen molar-refractivity contribution in [1.82, 2.24) is 10.5 Å².